The third kappa shape index (κ3) is 3.14. The normalized spacial score (nSPS) is 10.2. The van der Waals surface area contributed by atoms with E-state index in [1.165, 1.54) is 12.1 Å². The highest BCUT2D eigenvalue weighted by Crippen LogP contribution is 2.29. The van der Waals surface area contributed by atoms with Crippen LogP contribution in [0, 0.1) is 0 Å². The number of anilines is 2. The fourth-order valence-electron chi connectivity index (χ4n) is 1.96. The maximum Gasteiger partial charge on any atom is 0.335 e. The van der Waals surface area contributed by atoms with Crippen LogP contribution in [0.1, 0.15) is 20.7 Å². The highest BCUT2D eigenvalue weighted by molar-refractivity contribution is 6.31. The molecular weight excluding hydrogens is 292 g/mol. The average Bonchev–Trinajstić information content (AvgIpc) is 2.46. The second-order valence-electron chi connectivity index (χ2n) is 4.44. The van der Waals surface area contributed by atoms with Gasteiger partial charge in [-0.25, -0.2) is 4.79 Å². The number of aromatic carboxylic acids is 1. The van der Waals surface area contributed by atoms with Crippen LogP contribution >= 0.6 is 11.6 Å². The highest BCUT2D eigenvalue weighted by Gasteiger charge is 2.14. The highest BCUT2D eigenvalue weighted by atomic mass is 35.5. The van der Waals surface area contributed by atoms with E-state index in [2.05, 4.69) is 0 Å². The Hall–Kier alpha value is -2.53. The minimum absolute atomic E-state index is 0.188. The Labute approximate surface area is 126 Å². The van der Waals surface area contributed by atoms with E-state index >= 15 is 0 Å². The molecule has 0 aromatic heterocycles. The molecule has 6 heteroatoms. The van der Waals surface area contributed by atoms with Crippen LogP contribution in [0.3, 0.4) is 0 Å². The molecule has 2 aromatic carbocycles. The summed E-state index contributed by atoms with van der Waals surface area (Å²) in [6, 6.07) is 11.1. The molecular formula is C15H13ClN2O3. The molecule has 21 heavy (non-hydrogen) atoms. The van der Waals surface area contributed by atoms with E-state index in [-0.39, 0.29) is 5.56 Å². The van der Waals surface area contributed by atoms with Gasteiger partial charge >= 0.3 is 5.97 Å². The molecule has 0 aliphatic rings. The molecule has 108 valence electrons. The van der Waals surface area contributed by atoms with Crippen LogP contribution in [0.15, 0.2) is 42.5 Å². The summed E-state index contributed by atoms with van der Waals surface area (Å²) in [7, 11) is 1.74. The first kappa shape index (κ1) is 14.9. The third-order valence-corrected chi connectivity index (χ3v) is 3.32. The number of primary amides is 1. The van der Waals surface area contributed by atoms with Gasteiger partial charge in [0.15, 0.2) is 0 Å². The van der Waals surface area contributed by atoms with Gasteiger partial charge in [-0.2, -0.15) is 0 Å². The molecule has 0 saturated heterocycles. The van der Waals surface area contributed by atoms with Crippen molar-refractivity contribution in [1.29, 1.82) is 0 Å². The van der Waals surface area contributed by atoms with Crippen LogP contribution in [0.5, 0.6) is 0 Å². The van der Waals surface area contributed by atoms with Crippen molar-refractivity contribution in [1.82, 2.24) is 0 Å². The molecule has 1 amide bonds. The molecule has 0 bridgehead atoms. The molecule has 0 saturated carbocycles. The maximum absolute atomic E-state index is 11.5. The van der Waals surface area contributed by atoms with Gasteiger partial charge in [0, 0.05) is 17.8 Å². The minimum Gasteiger partial charge on any atom is -0.478 e. The van der Waals surface area contributed by atoms with E-state index < -0.39 is 11.9 Å². The van der Waals surface area contributed by atoms with Gasteiger partial charge in [-0.1, -0.05) is 11.6 Å². The molecule has 0 spiro atoms. The Morgan fingerprint density at radius 3 is 2.29 bits per heavy atom. The first-order valence-corrected chi connectivity index (χ1v) is 6.44. The van der Waals surface area contributed by atoms with Crippen LogP contribution in [0.2, 0.25) is 5.02 Å². The van der Waals surface area contributed by atoms with E-state index in [1.54, 1.807) is 42.3 Å². The van der Waals surface area contributed by atoms with Crippen LogP contribution < -0.4 is 10.6 Å². The summed E-state index contributed by atoms with van der Waals surface area (Å²) in [5.41, 5.74) is 7.15. The van der Waals surface area contributed by atoms with Crippen LogP contribution in [-0.2, 0) is 0 Å². The smallest absolute Gasteiger partial charge is 0.335 e. The Bertz CT molecular complexity index is 699. The van der Waals surface area contributed by atoms with Crippen LogP contribution in [0.4, 0.5) is 11.4 Å². The summed E-state index contributed by atoms with van der Waals surface area (Å²) >= 11 is 5.96. The Morgan fingerprint density at radius 2 is 1.76 bits per heavy atom. The van der Waals surface area contributed by atoms with Crippen molar-refractivity contribution in [3.63, 3.8) is 0 Å². The summed E-state index contributed by atoms with van der Waals surface area (Å²) in [5, 5.41) is 9.37. The predicted molar refractivity (Wildman–Crippen MR) is 81.4 cm³/mol. The molecule has 0 atom stereocenters. The molecule has 0 aliphatic carbocycles. The SMILES string of the molecule is CN(c1ccc(C(=O)O)cc1)c1cc(Cl)ccc1C(N)=O. The van der Waals surface area contributed by atoms with Crippen molar-refractivity contribution in [2.75, 3.05) is 11.9 Å². The largest absolute Gasteiger partial charge is 0.478 e. The second-order valence-corrected chi connectivity index (χ2v) is 4.87. The van der Waals surface area contributed by atoms with Crippen molar-refractivity contribution in [2.24, 2.45) is 5.73 Å². The van der Waals surface area contributed by atoms with Gasteiger partial charge in [0.05, 0.1) is 16.8 Å². The average molecular weight is 305 g/mol. The zero-order valence-electron chi connectivity index (χ0n) is 11.2. The number of carboxylic acids is 1. The number of carbonyl (C=O) groups excluding carboxylic acids is 1. The summed E-state index contributed by atoms with van der Waals surface area (Å²) in [6.45, 7) is 0. The van der Waals surface area contributed by atoms with Crippen molar-refractivity contribution in [3.05, 3.63) is 58.6 Å². The molecule has 0 aliphatic heterocycles. The van der Waals surface area contributed by atoms with E-state index in [0.29, 0.717) is 22.0 Å². The number of carbonyl (C=O) groups is 2. The summed E-state index contributed by atoms with van der Waals surface area (Å²) in [6.07, 6.45) is 0. The molecule has 0 radical (unpaired) electrons. The lowest BCUT2D eigenvalue weighted by Crippen LogP contribution is -2.18. The molecule has 2 rings (SSSR count). The molecule has 0 heterocycles. The molecule has 5 nitrogen and oxygen atoms in total. The first-order valence-electron chi connectivity index (χ1n) is 6.06. The molecule has 0 fully saturated rings. The van der Waals surface area contributed by atoms with Gasteiger partial charge in [0.2, 0.25) is 0 Å². The van der Waals surface area contributed by atoms with E-state index in [0.717, 1.165) is 0 Å². The van der Waals surface area contributed by atoms with E-state index in [9.17, 15) is 9.59 Å². The standard InChI is InChI=1S/C15H13ClN2O3/c1-18(11-5-2-9(3-6-11)15(20)21)13-8-10(16)4-7-12(13)14(17)19/h2-8H,1H3,(H2,17,19)(H,20,21). The van der Waals surface area contributed by atoms with Crippen LogP contribution in [-0.4, -0.2) is 24.0 Å². The number of nitrogens with zero attached hydrogens (tertiary/aromatic N) is 1. The lowest BCUT2D eigenvalue weighted by Gasteiger charge is -2.22. The van der Waals surface area contributed by atoms with Gasteiger partial charge < -0.3 is 15.7 Å². The van der Waals surface area contributed by atoms with Gasteiger partial charge in [0.1, 0.15) is 0 Å². The van der Waals surface area contributed by atoms with Crippen molar-refractivity contribution >= 4 is 34.9 Å². The monoisotopic (exact) mass is 304 g/mol. The predicted octanol–water partition coefficient (Wildman–Crippen LogP) is 2.91. The van der Waals surface area contributed by atoms with E-state index in [4.69, 9.17) is 22.4 Å². The van der Waals surface area contributed by atoms with Crippen LogP contribution in [0.25, 0.3) is 0 Å². The Balaban J connectivity index is 2.44. The number of halogens is 1. The number of amides is 1. The van der Waals surface area contributed by atoms with Gasteiger partial charge in [0.25, 0.3) is 5.91 Å². The van der Waals surface area contributed by atoms with Gasteiger partial charge in [-0.15, -0.1) is 0 Å². The van der Waals surface area contributed by atoms with Crippen molar-refractivity contribution in [2.45, 2.75) is 0 Å². The lowest BCUT2D eigenvalue weighted by molar-refractivity contribution is 0.0696. The molecule has 3 N–H and O–H groups in total. The molecule has 2 aromatic rings. The molecule has 0 unspecified atom stereocenters. The summed E-state index contributed by atoms with van der Waals surface area (Å²) < 4.78 is 0. The number of nitrogens with two attached hydrogens (primary N) is 1. The summed E-state index contributed by atoms with van der Waals surface area (Å²) in [5.74, 6) is -1.56. The minimum atomic E-state index is -0.996. The van der Waals surface area contributed by atoms with E-state index in [1.807, 2.05) is 0 Å². The van der Waals surface area contributed by atoms with Gasteiger partial charge in [-0.05, 0) is 42.5 Å². The Morgan fingerprint density at radius 1 is 1.14 bits per heavy atom. The van der Waals surface area contributed by atoms with Crippen molar-refractivity contribution < 1.29 is 14.7 Å². The zero-order chi connectivity index (χ0) is 15.6. The zero-order valence-corrected chi connectivity index (χ0v) is 12.0. The maximum atomic E-state index is 11.5. The van der Waals surface area contributed by atoms with Gasteiger partial charge in [-0.3, -0.25) is 4.79 Å². The lowest BCUT2D eigenvalue weighted by atomic mass is 10.1. The number of hydrogen-bond acceptors (Lipinski definition) is 3. The third-order valence-electron chi connectivity index (χ3n) is 3.09. The fourth-order valence-corrected chi connectivity index (χ4v) is 2.12. The number of carboxylic acid groups (broad SMARTS) is 1. The Kier molecular flexibility index (Phi) is 4.14. The first-order chi connectivity index (χ1) is 9.90. The quantitative estimate of drug-likeness (QED) is 0.909. The fraction of sp³-hybridized carbons (Fsp3) is 0.0667. The topological polar surface area (TPSA) is 83.6 Å². The number of hydrogen-bond donors (Lipinski definition) is 2. The number of rotatable bonds is 4. The summed E-state index contributed by atoms with van der Waals surface area (Å²) in [4.78, 5) is 24.1. The number of benzene rings is 2. The van der Waals surface area contributed by atoms with Crippen molar-refractivity contribution in [3.8, 4) is 0 Å². The second kappa shape index (κ2) is 5.85.